The predicted octanol–water partition coefficient (Wildman–Crippen LogP) is 0.326. The summed E-state index contributed by atoms with van der Waals surface area (Å²) in [6, 6.07) is 0. The molecule has 0 saturated heterocycles. The van der Waals surface area contributed by atoms with Crippen LogP contribution in [0.4, 0.5) is 5.13 Å². The lowest BCUT2D eigenvalue weighted by molar-refractivity contribution is -0.112. The fraction of sp³-hybridized carbons (Fsp3) is 0.333. The molecule has 0 aromatic carbocycles. The van der Waals surface area contributed by atoms with E-state index in [1.807, 2.05) is 0 Å². The maximum absolute atomic E-state index is 11.2. The summed E-state index contributed by atoms with van der Waals surface area (Å²) < 4.78 is 0. The molecule has 3 N–H and O–H groups in total. The molecule has 1 aromatic heterocycles. The summed E-state index contributed by atoms with van der Waals surface area (Å²) >= 11 is 1.16. The van der Waals surface area contributed by atoms with Crippen molar-refractivity contribution < 1.29 is 14.4 Å². The number of rotatable bonds is 6. The summed E-state index contributed by atoms with van der Waals surface area (Å²) in [5.41, 5.74) is 5.36. The molecule has 0 radical (unpaired) electrons. The molecule has 0 spiro atoms. The summed E-state index contributed by atoms with van der Waals surface area (Å²) in [6.07, 6.45) is 0.324. The first kappa shape index (κ1) is 13.1. The van der Waals surface area contributed by atoms with Crippen LogP contribution < -0.4 is 11.1 Å². The Balaban J connectivity index is 2.93. The molecule has 0 bridgehead atoms. The third-order valence-electron chi connectivity index (χ3n) is 1.52. The van der Waals surface area contributed by atoms with Gasteiger partial charge in [-0.15, -0.1) is 11.3 Å². The molecular formula is C9H12N4O3S. The quantitative estimate of drug-likeness (QED) is 0.434. The van der Waals surface area contributed by atoms with E-state index in [9.17, 15) is 9.59 Å². The van der Waals surface area contributed by atoms with Crippen molar-refractivity contribution >= 4 is 34.5 Å². The molecule has 2 amide bonds. The van der Waals surface area contributed by atoms with Gasteiger partial charge >= 0.3 is 0 Å². The Morgan fingerprint density at radius 1 is 1.71 bits per heavy atom. The fourth-order valence-electron chi connectivity index (χ4n) is 0.875. The maximum atomic E-state index is 11.2. The number of oxime groups is 1. The van der Waals surface area contributed by atoms with Crippen LogP contribution in [0.25, 0.3) is 0 Å². The van der Waals surface area contributed by atoms with Gasteiger partial charge in [0.25, 0.3) is 5.91 Å². The van der Waals surface area contributed by atoms with Gasteiger partial charge in [0.15, 0.2) is 10.8 Å². The van der Waals surface area contributed by atoms with E-state index in [-0.39, 0.29) is 17.5 Å². The van der Waals surface area contributed by atoms with Gasteiger partial charge in [0.1, 0.15) is 11.8 Å². The van der Waals surface area contributed by atoms with Crippen molar-refractivity contribution in [3.05, 3.63) is 11.1 Å². The molecule has 1 aromatic rings. The molecule has 1 heterocycles. The summed E-state index contributed by atoms with van der Waals surface area (Å²) in [7, 11) is 0. The Morgan fingerprint density at radius 3 is 2.94 bits per heavy atom. The minimum absolute atomic E-state index is 0.0751. The van der Waals surface area contributed by atoms with E-state index >= 15 is 0 Å². The maximum Gasteiger partial charge on any atom is 0.273 e. The van der Waals surface area contributed by atoms with Crippen LogP contribution in [0.1, 0.15) is 19.5 Å². The van der Waals surface area contributed by atoms with Crippen molar-refractivity contribution in [1.29, 1.82) is 0 Å². The summed E-state index contributed by atoms with van der Waals surface area (Å²) in [5, 5.41) is 7.91. The SMILES string of the molecule is CC(C)ON=C(C(N)=O)c1csc(NC=O)n1. The van der Waals surface area contributed by atoms with E-state index in [1.165, 1.54) is 0 Å². The second kappa shape index (κ2) is 5.94. The Labute approximate surface area is 102 Å². The van der Waals surface area contributed by atoms with Crippen molar-refractivity contribution in [3.63, 3.8) is 0 Å². The highest BCUT2D eigenvalue weighted by atomic mass is 32.1. The third-order valence-corrected chi connectivity index (χ3v) is 2.29. The summed E-state index contributed by atoms with van der Waals surface area (Å²) in [6.45, 7) is 3.53. The number of amides is 2. The van der Waals surface area contributed by atoms with Gasteiger partial charge in [-0.2, -0.15) is 0 Å². The van der Waals surface area contributed by atoms with Gasteiger partial charge in [0, 0.05) is 5.38 Å². The molecule has 17 heavy (non-hydrogen) atoms. The molecule has 0 aliphatic rings. The molecule has 0 atom stereocenters. The highest BCUT2D eigenvalue weighted by Gasteiger charge is 2.15. The number of hydrogen-bond donors (Lipinski definition) is 2. The number of thiazole rings is 1. The van der Waals surface area contributed by atoms with Gasteiger partial charge in [0.2, 0.25) is 6.41 Å². The smallest absolute Gasteiger partial charge is 0.273 e. The van der Waals surface area contributed by atoms with Crippen LogP contribution in [0, 0.1) is 0 Å². The predicted molar refractivity (Wildman–Crippen MR) is 63.8 cm³/mol. The molecule has 8 heteroatoms. The molecule has 0 saturated carbocycles. The van der Waals surface area contributed by atoms with E-state index < -0.39 is 5.91 Å². The normalized spacial score (nSPS) is 11.4. The van der Waals surface area contributed by atoms with Crippen LogP contribution in [0.5, 0.6) is 0 Å². The molecular weight excluding hydrogens is 244 g/mol. The monoisotopic (exact) mass is 256 g/mol. The average molecular weight is 256 g/mol. The first-order valence-electron chi connectivity index (χ1n) is 4.74. The Morgan fingerprint density at radius 2 is 2.41 bits per heavy atom. The van der Waals surface area contributed by atoms with Gasteiger partial charge in [-0.05, 0) is 13.8 Å². The van der Waals surface area contributed by atoms with Crippen LogP contribution in [0.3, 0.4) is 0 Å². The number of nitrogens with two attached hydrogens (primary N) is 1. The van der Waals surface area contributed by atoms with Crippen LogP contribution in [-0.2, 0) is 14.4 Å². The Bertz CT molecular complexity index is 441. The third kappa shape index (κ3) is 3.83. The van der Waals surface area contributed by atoms with Crippen molar-refractivity contribution in [2.24, 2.45) is 10.9 Å². The van der Waals surface area contributed by atoms with Gasteiger partial charge in [-0.3, -0.25) is 9.59 Å². The minimum atomic E-state index is -0.742. The molecule has 0 fully saturated rings. The second-order valence-corrected chi connectivity index (χ2v) is 4.12. The number of carbonyl (C=O) groups excluding carboxylic acids is 2. The molecule has 0 aliphatic heterocycles. The lowest BCUT2D eigenvalue weighted by atomic mass is 10.3. The van der Waals surface area contributed by atoms with Gasteiger partial charge in [0.05, 0.1) is 0 Å². The van der Waals surface area contributed by atoms with Crippen molar-refractivity contribution in [3.8, 4) is 0 Å². The zero-order valence-electron chi connectivity index (χ0n) is 9.34. The van der Waals surface area contributed by atoms with E-state index in [0.717, 1.165) is 11.3 Å². The highest BCUT2D eigenvalue weighted by molar-refractivity contribution is 7.14. The zero-order chi connectivity index (χ0) is 12.8. The summed E-state index contributed by atoms with van der Waals surface area (Å²) in [5.74, 6) is -0.742. The van der Waals surface area contributed by atoms with Crippen molar-refractivity contribution in [2.45, 2.75) is 20.0 Å². The van der Waals surface area contributed by atoms with E-state index in [2.05, 4.69) is 15.5 Å². The Kier molecular flexibility index (Phi) is 4.58. The highest BCUT2D eigenvalue weighted by Crippen LogP contribution is 2.15. The number of nitrogens with one attached hydrogen (secondary N) is 1. The number of anilines is 1. The average Bonchev–Trinajstić information content (AvgIpc) is 2.66. The van der Waals surface area contributed by atoms with Gasteiger partial charge in [-0.1, -0.05) is 5.16 Å². The van der Waals surface area contributed by atoms with Crippen LogP contribution in [0.2, 0.25) is 0 Å². The fourth-order valence-corrected chi connectivity index (χ4v) is 1.53. The first-order valence-corrected chi connectivity index (χ1v) is 5.62. The molecule has 1 rings (SSSR count). The number of aromatic nitrogens is 1. The molecule has 0 aliphatic carbocycles. The topological polar surface area (TPSA) is 107 Å². The van der Waals surface area contributed by atoms with Crippen molar-refractivity contribution in [1.82, 2.24) is 4.98 Å². The minimum Gasteiger partial charge on any atom is -0.392 e. The zero-order valence-corrected chi connectivity index (χ0v) is 10.2. The molecule has 0 unspecified atom stereocenters. The second-order valence-electron chi connectivity index (χ2n) is 3.26. The first-order chi connectivity index (χ1) is 8.04. The Hall–Kier alpha value is -1.96. The lowest BCUT2D eigenvalue weighted by Crippen LogP contribution is -2.25. The standard InChI is InChI=1S/C9H12N4O3S/c1-5(2)16-13-7(8(10)15)6-3-17-9(12-6)11-4-14/h3-5H,1-2H3,(H2,10,15)(H,11,12,14). The number of hydrogen-bond acceptors (Lipinski definition) is 6. The number of nitrogens with zero attached hydrogens (tertiary/aromatic N) is 2. The van der Waals surface area contributed by atoms with Crippen molar-refractivity contribution in [2.75, 3.05) is 5.32 Å². The van der Waals surface area contributed by atoms with E-state index in [1.54, 1.807) is 19.2 Å². The van der Waals surface area contributed by atoms with E-state index in [4.69, 9.17) is 10.6 Å². The molecule has 7 nitrogen and oxygen atoms in total. The van der Waals surface area contributed by atoms with Crippen LogP contribution in [0.15, 0.2) is 10.5 Å². The number of carbonyl (C=O) groups is 2. The summed E-state index contributed by atoms with van der Waals surface area (Å²) in [4.78, 5) is 30.3. The van der Waals surface area contributed by atoms with E-state index in [0.29, 0.717) is 11.5 Å². The molecule has 92 valence electrons. The lowest BCUT2D eigenvalue weighted by Gasteiger charge is -2.03. The largest absolute Gasteiger partial charge is 0.392 e. The van der Waals surface area contributed by atoms with Crippen LogP contribution in [-0.4, -0.2) is 29.1 Å². The number of primary amides is 1. The van der Waals surface area contributed by atoms with Gasteiger partial charge in [-0.25, -0.2) is 4.98 Å². The van der Waals surface area contributed by atoms with Crippen LogP contribution >= 0.6 is 11.3 Å². The van der Waals surface area contributed by atoms with Gasteiger partial charge < -0.3 is 15.9 Å².